The molecule has 2 aliphatic carbocycles. The number of fused-ring (bicyclic) bond motifs is 2. The van der Waals surface area contributed by atoms with Crippen LogP contribution in [-0.2, 0) is 4.79 Å². The molecule has 2 aliphatic rings. The van der Waals surface area contributed by atoms with Gasteiger partial charge in [-0.3, -0.25) is 4.79 Å². The Morgan fingerprint density at radius 1 is 1.33 bits per heavy atom. The van der Waals surface area contributed by atoms with Crippen molar-refractivity contribution in [2.75, 3.05) is 0 Å². The maximum absolute atomic E-state index is 12.2. The largest absolute Gasteiger partial charge is 0.299 e. The summed E-state index contributed by atoms with van der Waals surface area (Å²) in [5.41, 5.74) is 0.299. The van der Waals surface area contributed by atoms with E-state index in [1.807, 2.05) is 0 Å². The highest BCUT2D eigenvalue weighted by molar-refractivity contribution is 5.82. The highest BCUT2D eigenvalue weighted by Gasteiger charge is 2.54. The number of unbranched alkanes of at least 4 members (excludes halogenated alkanes) is 1. The third-order valence-electron chi connectivity index (χ3n) is 4.92. The summed E-state index contributed by atoms with van der Waals surface area (Å²) in [6.45, 7) is 6.82. The van der Waals surface area contributed by atoms with Crippen LogP contribution >= 0.6 is 0 Å². The first-order valence-corrected chi connectivity index (χ1v) is 6.60. The molecular weight excluding hydrogens is 184 g/mol. The Labute approximate surface area is 93.6 Å². The van der Waals surface area contributed by atoms with Crippen LogP contribution in [-0.4, -0.2) is 5.78 Å². The fraction of sp³-hybridized carbons (Fsp3) is 0.929. The van der Waals surface area contributed by atoms with Crippen LogP contribution in [0.2, 0.25) is 0 Å². The number of carbonyl (C=O) groups excluding carboxylic acids is 1. The second-order valence-electron chi connectivity index (χ2n) is 6.14. The van der Waals surface area contributed by atoms with E-state index in [-0.39, 0.29) is 0 Å². The third kappa shape index (κ3) is 1.74. The van der Waals surface area contributed by atoms with E-state index in [1.165, 1.54) is 19.3 Å². The fourth-order valence-corrected chi connectivity index (χ4v) is 4.04. The quantitative estimate of drug-likeness (QED) is 0.686. The van der Waals surface area contributed by atoms with Gasteiger partial charge in [-0.25, -0.2) is 0 Å². The normalized spacial score (nSPS) is 37.1. The topological polar surface area (TPSA) is 17.1 Å². The minimum absolute atomic E-state index is 0.299. The summed E-state index contributed by atoms with van der Waals surface area (Å²) >= 11 is 0. The Balaban J connectivity index is 2.05. The van der Waals surface area contributed by atoms with Gasteiger partial charge in [0.1, 0.15) is 5.78 Å². The van der Waals surface area contributed by atoms with Crippen LogP contribution in [0.1, 0.15) is 59.3 Å². The van der Waals surface area contributed by atoms with Crippen LogP contribution in [0.15, 0.2) is 0 Å². The zero-order valence-electron chi connectivity index (χ0n) is 10.4. The maximum Gasteiger partial charge on any atom is 0.136 e. The molecular formula is C14H24O. The maximum atomic E-state index is 12.2. The predicted octanol–water partition coefficient (Wildman–Crippen LogP) is 3.82. The van der Waals surface area contributed by atoms with Crippen molar-refractivity contribution in [2.45, 2.75) is 59.3 Å². The fourth-order valence-electron chi connectivity index (χ4n) is 4.04. The van der Waals surface area contributed by atoms with Crippen LogP contribution < -0.4 is 0 Å². The van der Waals surface area contributed by atoms with E-state index in [0.717, 1.165) is 31.1 Å². The predicted molar refractivity (Wildman–Crippen MR) is 62.6 cm³/mol. The molecule has 86 valence electrons. The summed E-state index contributed by atoms with van der Waals surface area (Å²) in [6.07, 6.45) is 7.07. The molecule has 0 aromatic heterocycles. The molecule has 2 bridgehead atoms. The van der Waals surface area contributed by atoms with Gasteiger partial charge in [0.2, 0.25) is 0 Å². The van der Waals surface area contributed by atoms with Gasteiger partial charge < -0.3 is 0 Å². The molecule has 0 N–H and O–H groups in total. The third-order valence-corrected chi connectivity index (χ3v) is 4.92. The first-order valence-electron chi connectivity index (χ1n) is 6.60. The number of Topliss-reactive ketones (excluding diaryl/α,β-unsaturated/α-hetero) is 1. The van der Waals surface area contributed by atoms with E-state index in [0.29, 0.717) is 17.1 Å². The Morgan fingerprint density at radius 3 is 2.60 bits per heavy atom. The second-order valence-corrected chi connectivity index (χ2v) is 6.14. The molecule has 2 saturated carbocycles. The minimum atomic E-state index is 0.299. The van der Waals surface area contributed by atoms with Gasteiger partial charge in [0, 0.05) is 12.3 Å². The van der Waals surface area contributed by atoms with Crippen molar-refractivity contribution >= 4 is 5.78 Å². The zero-order chi connectivity index (χ0) is 11.1. The van der Waals surface area contributed by atoms with Gasteiger partial charge in [0.25, 0.3) is 0 Å². The van der Waals surface area contributed by atoms with Crippen molar-refractivity contribution in [1.29, 1.82) is 0 Å². The molecule has 1 nitrogen and oxygen atoms in total. The van der Waals surface area contributed by atoms with Gasteiger partial charge in [-0.2, -0.15) is 0 Å². The molecule has 3 unspecified atom stereocenters. The summed E-state index contributed by atoms with van der Waals surface area (Å²) in [5, 5.41) is 0. The molecule has 0 spiro atoms. The molecule has 3 atom stereocenters. The Bertz CT molecular complexity index is 254. The molecule has 0 aliphatic heterocycles. The number of hydrogen-bond acceptors (Lipinski definition) is 1. The molecule has 0 heterocycles. The van der Waals surface area contributed by atoms with Crippen LogP contribution in [0.4, 0.5) is 0 Å². The van der Waals surface area contributed by atoms with Crippen LogP contribution in [0.3, 0.4) is 0 Å². The van der Waals surface area contributed by atoms with E-state index >= 15 is 0 Å². The standard InChI is InChI=1S/C14H24O/c1-4-5-6-12(15)13-10-7-8-11(9-10)14(13,2)3/h10-11,13H,4-9H2,1-3H3. The average Bonchev–Trinajstić information content (AvgIpc) is 2.71. The zero-order valence-corrected chi connectivity index (χ0v) is 10.4. The van der Waals surface area contributed by atoms with Gasteiger partial charge in [-0.1, -0.05) is 27.2 Å². The molecule has 0 aromatic carbocycles. The average molecular weight is 208 g/mol. The summed E-state index contributed by atoms with van der Waals surface area (Å²) < 4.78 is 0. The molecule has 2 rings (SSSR count). The lowest BCUT2D eigenvalue weighted by atomic mass is 9.66. The Hall–Kier alpha value is -0.330. The van der Waals surface area contributed by atoms with Gasteiger partial charge in [-0.05, 0) is 42.9 Å². The van der Waals surface area contributed by atoms with E-state index < -0.39 is 0 Å². The van der Waals surface area contributed by atoms with Crippen molar-refractivity contribution in [1.82, 2.24) is 0 Å². The van der Waals surface area contributed by atoms with E-state index in [9.17, 15) is 4.79 Å². The van der Waals surface area contributed by atoms with Gasteiger partial charge in [-0.15, -0.1) is 0 Å². The monoisotopic (exact) mass is 208 g/mol. The van der Waals surface area contributed by atoms with Crippen molar-refractivity contribution < 1.29 is 4.79 Å². The summed E-state index contributed by atoms with van der Waals surface area (Å²) in [6, 6.07) is 0. The molecule has 2 fully saturated rings. The van der Waals surface area contributed by atoms with Crippen molar-refractivity contribution in [3.05, 3.63) is 0 Å². The lowest BCUT2D eigenvalue weighted by Gasteiger charge is -2.37. The van der Waals surface area contributed by atoms with E-state index in [2.05, 4.69) is 20.8 Å². The first-order chi connectivity index (χ1) is 7.07. The highest BCUT2D eigenvalue weighted by atomic mass is 16.1. The molecule has 0 amide bonds. The lowest BCUT2D eigenvalue weighted by molar-refractivity contribution is -0.128. The van der Waals surface area contributed by atoms with Crippen molar-refractivity contribution in [3.63, 3.8) is 0 Å². The summed E-state index contributed by atoms with van der Waals surface area (Å²) in [4.78, 5) is 12.2. The van der Waals surface area contributed by atoms with Gasteiger partial charge in [0.05, 0.1) is 0 Å². The number of hydrogen-bond donors (Lipinski definition) is 0. The summed E-state index contributed by atoms with van der Waals surface area (Å²) in [5.74, 6) is 2.52. The molecule has 0 aromatic rings. The SMILES string of the molecule is CCCCC(=O)C1C2CCC(C2)C1(C)C. The number of rotatable bonds is 4. The highest BCUT2D eigenvalue weighted by Crippen LogP contribution is 2.59. The van der Waals surface area contributed by atoms with E-state index in [1.54, 1.807) is 0 Å². The van der Waals surface area contributed by atoms with E-state index in [4.69, 9.17) is 0 Å². The Morgan fingerprint density at radius 2 is 2.07 bits per heavy atom. The van der Waals surface area contributed by atoms with Crippen LogP contribution in [0, 0.1) is 23.2 Å². The van der Waals surface area contributed by atoms with Crippen LogP contribution in [0.25, 0.3) is 0 Å². The second kappa shape index (κ2) is 3.92. The molecule has 0 radical (unpaired) electrons. The molecule has 0 saturated heterocycles. The number of ketones is 1. The number of carbonyl (C=O) groups is 1. The molecule has 1 heteroatoms. The summed E-state index contributed by atoms with van der Waals surface area (Å²) in [7, 11) is 0. The smallest absolute Gasteiger partial charge is 0.136 e. The Kier molecular flexibility index (Phi) is 2.92. The first kappa shape index (κ1) is 11.2. The minimum Gasteiger partial charge on any atom is -0.299 e. The van der Waals surface area contributed by atoms with Crippen molar-refractivity contribution in [2.24, 2.45) is 23.2 Å². The lowest BCUT2D eigenvalue weighted by Crippen LogP contribution is -2.36. The molecule has 15 heavy (non-hydrogen) atoms. The van der Waals surface area contributed by atoms with Gasteiger partial charge >= 0.3 is 0 Å². The van der Waals surface area contributed by atoms with Crippen LogP contribution in [0.5, 0.6) is 0 Å². The van der Waals surface area contributed by atoms with Crippen molar-refractivity contribution in [3.8, 4) is 0 Å². The van der Waals surface area contributed by atoms with Gasteiger partial charge in [0.15, 0.2) is 0 Å².